The van der Waals surface area contributed by atoms with Gasteiger partial charge in [0.05, 0.1) is 10.0 Å². The highest BCUT2D eigenvalue weighted by Gasteiger charge is 2.07. The molecule has 19 heavy (non-hydrogen) atoms. The van der Waals surface area contributed by atoms with Crippen molar-refractivity contribution in [2.75, 3.05) is 5.32 Å². The molecule has 0 bridgehead atoms. The smallest absolute Gasteiger partial charge is 0.152 e. The number of aromatic hydroxyl groups is 1. The van der Waals surface area contributed by atoms with Gasteiger partial charge in [0, 0.05) is 12.2 Å². The second-order valence-corrected chi connectivity index (χ2v) is 5.03. The van der Waals surface area contributed by atoms with Crippen LogP contribution in [0.2, 0.25) is 10.0 Å². The summed E-state index contributed by atoms with van der Waals surface area (Å²) in [6.45, 7) is 2.36. The first kappa shape index (κ1) is 14.0. The third kappa shape index (κ3) is 3.31. The van der Waals surface area contributed by atoms with E-state index in [0.29, 0.717) is 12.2 Å². The predicted octanol–water partition coefficient (Wildman–Crippen LogP) is 4.76. The van der Waals surface area contributed by atoms with Gasteiger partial charge in [0.1, 0.15) is 5.82 Å². The number of nitrogens with one attached hydrogen (secondary N) is 1. The van der Waals surface area contributed by atoms with Gasteiger partial charge in [-0.05, 0) is 42.3 Å². The second-order valence-electron chi connectivity index (χ2n) is 4.21. The van der Waals surface area contributed by atoms with Crippen molar-refractivity contribution < 1.29 is 9.50 Å². The average molecular weight is 300 g/mol. The molecule has 0 aliphatic rings. The minimum Gasteiger partial charge on any atom is -0.505 e. The molecular weight excluding hydrogens is 288 g/mol. The Morgan fingerprint density at radius 2 is 1.79 bits per heavy atom. The van der Waals surface area contributed by atoms with Gasteiger partial charge in [0.15, 0.2) is 5.75 Å². The van der Waals surface area contributed by atoms with Crippen LogP contribution in [0.1, 0.15) is 11.1 Å². The average Bonchev–Trinajstić information content (AvgIpc) is 2.34. The Labute approximate surface area is 120 Å². The number of hydrogen-bond donors (Lipinski definition) is 2. The van der Waals surface area contributed by atoms with E-state index in [9.17, 15) is 9.50 Å². The molecule has 0 unspecified atom stereocenters. The van der Waals surface area contributed by atoms with Gasteiger partial charge in [-0.3, -0.25) is 0 Å². The van der Waals surface area contributed by atoms with Crippen LogP contribution in [0.3, 0.4) is 0 Å². The minimum absolute atomic E-state index is 0.133. The lowest BCUT2D eigenvalue weighted by atomic mass is 10.1. The molecule has 2 rings (SSSR count). The number of phenols is 1. The van der Waals surface area contributed by atoms with Gasteiger partial charge in [0.25, 0.3) is 0 Å². The van der Waals surface area contributed by atoms with Gasteiger partial charge in [-0.25, -0.2) is 4.39 Å². The molecule has 0 radical (unpaired) electrons. The van der Waals surface area contributed by atoms with E-state index in [1.165, 1.54) is 12.1 Å². The largest absolute Gasteiger partial charge is 0.505 e. The lowest BCUT2D eigenvalue weighted by molar-refractivity contribution is 0.476. The van der Waals surface area contributed by atoms with E-state index in [2.05, 4.69) is 5.32 Å². The number of aryl methyl sites for hydroxylation is 1. The van der Waals surface area contributed by atoms with Crippen molar-refractivity contribution in [3.8, 4) is 5.75 Å². The maximum atomic E-state index is 13.0. The molecule has 0 amide bonds. The quantitative estimate of drug-likeness (QED) is 0.801. The van der Waals surface area contributed by atoms with Crippen molar-refractivity contribution in [2.24, 2.45) is 0 Å². The Kier molecular flexibility index (Phi) is 4.17. The standard InChI is InChI=1S/C14H12Cl2FNO/c1-8-4-10(17)3-2-9(8)7-18-11-5-12(15)14(19)13(16)6-11/h2-6,18-19H,7H2,1H3. The summed E-state index contributed by atoms with van der Waals surface area (Å²) in [6.07, 6.45) is 0. The van der Waals surface area contributed by atoms with Crippen molar-refractivity contribution in [1.29, 1.82) is 0 Å². The molecule has 0 fully saturated rings. The molecule has 0 aromatic heterocycles. The van der Waals surface area contributed by atoms with Crippen LogP contribution in [0.15, 0.2) is 30.3 Å². The van der Waals surface area contributed by atoms with Crippen molar-refractivity contribution in [1.82, 2.24) is 0 Å². The van der Waals surface area contributed by atoms with Gasteiger partial charge in [-0.1, -0.05) is 29.3 Å². The van der Waals surface area contributed by atoms with Crippen LogP contribution >= 0.6 is 23.2 Å². The van der Waals surface area contributed by atoms with Gasteiger partial charge >= 0.3 is 0 Å². The summed E-state index contributed by atoms with van der Waals surface area (Å²) in [6, 6.07) is 7.79. The SMILES string of the molecule is Cc1cc(F)ccc1CNc1cc(Cl)c(O)c(Cl)c1. The Balaban J connectivity index is 2.14. The van der Waals surface area contributed by atoms with Crippen LogP contribution in [0.25, 0.3) is 0 Å². The predicted molar refractivity (Wildman–Crippen MR) is 76.6 cm³/mol. The zero-order valence-corrected chi connectivity index (χ0v) is 11.7. The first-order valence-corrected chi connectivity index (χ1v) is 6.40. The lowest BCUT2D eigenvalue weighted by Crippen LogP contribution is -2.01. The number of anilines is 1. The Morgan fingerprint density at radius 1 is 1.16 bits per heavy atom. The maximum absolute atomic E-state index is 13.0. The molecule has 2 aromatic rings. The molecule has 0 aliphatic carbocycles. The molecular formula is C14H12Cl2FNO. The number of rotatable bonds is 3. The molecule has 0 aliphatic heterocycles. The van der Waals surface area contributed by atoms with Crippen LogP contribution in [0.4, 0.5) is 10.1 Å². The maximum Gasteiger partial charge on any atom is 0.152 e. The number of hydrogen-bond acceptors (Lipinski definition) is 2. The van der Waals surface area contributed by atoms with Crippen LogP contribution < -0.4 is 5.32 Å². The molecule has 0 atom stereocenters. The summed E-state index contributed by atoms with van der Waals surface area (Å²) in [5, 5.41) is 13.0. The van der Waals surface area contributed by atoms with Crippen LogP contribution in [-0.2, 0) is 6.54 Å². The summed E-state index contributed by atoms with van der Waals surface area (Å²) in [5.74, 6) is -0.385. The number of benzene rings is 2. The van der Waals surface area contributed by atoms with E-state index in [1.807, 2.05) is 6.92 Å². The summed E-state index contributed by atoms with van der Waals surface area (Å²) in [7, 11) is 0. The van der Waals surface area contributed by atoms with Crippen LogP contribution in [-0.4, -0.2) is 5.11 Å². The molecule has 0 heterocycles. The monoisotopic (exact) mass is 299 g/mol. The topological polar surface area (TPSA) is 32.3 Å². The van der Waals surface area contributed by atoms with Gasteiger partial charge in [-0.2, -0.15) is 0 Å². The van der Waals surface area contributed by atoms with E-state index in [-0.39, 0.29) is 21.6 Å². The minimum atomic E-state index is -0.253. The zero-order valence-electron chi connectivity index (χ0n) is 10.2. The van der Waals surface area contributed by atoms with Gasteiger partial charge < -0.3 is 10.4 Å². The summed E-state index contributed by atoms with van der Waals surface area (Å²) in [5.41, 5.74) is 2.53. The van der Waals surface area contributed by atoms with Gasteiger partial charge in [0.2, 0.25) is 0 Å². The third-order valence-corrected chi connectivity index (χ3v) is 3.38. The Bertz CT molecular complexity index is 593. The van der Waals surface area contributed by atoms with Crippen molar-refractivity contribution in [3.05, 3.63) is 57.3 Å². The van der Waals surface area contributed by atoms with Crippen LogP contribution in [0, 0.1) is 12.7 Å². The highest BCUT2D eigenvalue weighted by molar-refractivity contribution is 6.37. The summed E-state index contributed by atoms with van der Waals surface area (Å²) < 4.78 is 13.0. The number of halogens is 3. The fraction of sp³-hybridized carbons (Fsp3) is 0.143. The fourth-order valence-electron chi connectivity index (χ4n) is 1.72. The zero-order chi connectivity index (χ0) is 14.0. The third-order valence-electron chi connectivity index (χ3n) is 2.80. The van der Waals surface area contributed by atoms with E-state index in [0.717, 1.165) is 11.1 Å². The molecule has 100 valence electrons. The van der Waals surface area contributed by atoms with E-state index >= 15 is 0 Å². The number of phenolic OH excluding ortho intramolecular Hbond substituents is 1. The fourth-order valence-corrected chi connectivity index (χ4v) is 2.21. The first-order valence-electron chi connectivity index (χ1n) is 5.64. The molecule has 0 saturated carbocycles. The van der Waals surface area contributed by atoms with Crippen molar-refractivity contribution >= 4 is 28.9 Å². The summed E-state index contributed by atoms with van der Waals surface area (Å²) in [4.78, 5) is 0. The van der Waals surface area contributed by atoms with Gasteiger partial charge in [-0.15, -0.1) is 0 Å². The second kappa shape index (κ2) is 5.68. The molecule has 5 heteroatoms. The molecule has 0 saturated heterocycles. The van der Waals surface area contributed by atoms with E-state index < -0.39 is 0 Å². The Hall–Kier alpha value is -1.45. The summed E-state index contributed by atoms with van der Waals surface area (Å²) >= 11 is 11.7. The highest BCUT2D eigenvalue weighted by Crippen LogP contribution is 2.34. The van der Waals surface area contributed by atoms with Crippen LogP contribution in [0.5, 0.6) is 5.75 Å². The normalized spacial score (nSPS) is 10.5. The van der Waals surface area contributed by atoms with Crippen molar-refractivity contribution in [2.45, 2.75) is 13.5 Å². The van der Waals surface area contributed by atoms with E-state index in [4.69, 9.17) is 23.2 Å². The Morgan fingerprint density at radius 3 is 2.37 bits per heavy atom. The molecule has 2 nitrogen and oxygen atoms in total. The molecule has 0 spiro atoms. The van der Waals surface area contributed by atoms with E-state index in [1.54, 1.807) is 18.2 Å². The highest BCUT2D eigenvalue weighted by atomic mass is 35.5. The molecule has 2 N–H and O–H groups in total. The first-order chi connectivity index (χ1) is 8.97. The molecule has 2 aromatic carbocycles. The lowest BCUT2D eigenvalue weighted by Gasteiger charge is -2.11. The van der Waals surface area contributed by atoms with Crippen molar-refractivity contribution in [3.63, 3.8) is 0 Å².